The Morgan fingerprint density at radius 2 is 2.23 bits per heavy atom. The second-order valence-corrected chi connectivity index (χ2v) is 3.27. The SMILES string of the molecule is CCCN(C)c1nc(CCl)n(C)n1. The van der Waals surface area contributed by atoms with Crippen LogP contribution in [0.15, 0.2) is 0 Å². The van der Waals surface area contributed by atoms with Crippen LogP contribution < -0.4 is 4.90 Å². The van der Waals surface area contributed by atoms with Crippen molar-refractivity contribution >= 4 is 17.5 Å². The Labute approximate surface area is 83.5 Å². The van der Waals surface area contributed by atoms with Crippen molar-refractivity contribution in [3.63, 3.8) is 0 Å². The molecule has 0 aromatic carbocycles. The van der Waals surface area contributed by atoms with Crippen LogP contribution in [0.3, 0.4) is 0 Å². The van der Waals surface area contributed by atoms with Gasteiger partial charge in [0.15, 0.2) is 0 Å². The van der Waals surface area contributed by atoms with Gasteiger partial charge in [0.2, 0.25) is 5.95 Å². The molecule has 1 rings (SSSR count). The van der Waals surface area contributed by atoms with Gasteiger partial charge in [-0.15, -0.1) is 16.7 Å². The van der Waals surface area contributed by atoms with Crippen LogP contribution in [-0.4, -0.2) is 28.4 Å². The Balaban J connectivity index is 2.77. The molecule has 0 aliphatic rings. The lowest BCUT2D eigenvalue weighted by Gasteiger charge is -2.12. The molecule has 1 heterocycles. The molecular formula is C8H15ClN4. The molecular weight excluding hydrogens is 188 g/mol. The lowest BCUT2D eigenvalue weighted by Crippen LogP contribution is -2.19. The number of nitrogens with zero attached hydrogens (tertiary/aromatic N) is 4. The van der Waals surface area contributed by atoms with Crippen LogP contribution in [0, 0.1) is 0 Å². The smallest absolute Gasteiger partial charge is 0.244 e. The van der Waals surface area contributed by atoms with Crippen molar-refractivity contribution < 1.29 is 0 Å². The molecule has 0 spiro atoms. The predicted molar refractivity (Wildman–Crippen MR) is 54.1 cm³/mol. The minimum absolute atomic E-state index is 0.406. The summed E-state index contributed by atoms with van der Waals surface area (Å²) in [7, 11) is 3.84. The first-order valence-corrected chi connectivity index (χ1v) is 4.89. The fourth-order valence-electron chi connectivity index (χ4n) is 1.12. The van der Waals surface area contributed by atoms with Crippen LogP contribution in [0.1, 0.15) is 19.2 Å². The van der Waals surface area contributed by atoms with Gasteiger partial charge >= 0.3 is 0 Å². The maximum Gasteiger partial charge on any atom is 0.244 e. The quantitative estimate of drug-likeness (QED) is 0.693. The van der Waals surface area contributed by atoms with Gasteiger partial charge in [0.1, 0.15) is 5.82 Å². The van der Waals surface area contributed by atoms with Gasteiger partial charge in [0.25, 0.3) is 0 Å². The van der Waals surface area contributed by atoms with E-state index in [-0.39, 0.29) is 0 Å². The molecule has 0 aliphatic carbocycles. The maximum absolute atomic E-state index is 5.69. The van der Waals surface area contributed by atoms with E-state index in [1.54, 1.807) is 4.68 Å². The van der Waals surface area contributed by atoms with Crippen molar-refractivity contribution in [1.82, 2.24) is 14.8 Å². The third-order valence-corrected chi connectivity index (χ3v) is 2.10. The molecule has 0 radical (unpaired) electrons. The topological polar surface area (TPSA) is 34.0 Å². The number of aromatic nitrogens is 3. The van der Waals surface area contributed by atoms with E-state index in [0.29, 0.717) is 5.88 Å². The highest BCUT2D eigenvalue weighted by Crippen LogP contribution is 2.08. The van der Waals surface area contributed by atoms with Crippen molar-refractivity contribution in [2.45, 2.75) is 19.2 Å². The van der Waals surface area contributed by atoms with Crippen molar-refractivity contribution in [2.24, 2.45) is 7.05 Å². The first kappa shape index (κ1) is 10.3. The van der Waals surface area contributed by atoms with Gasteiger partial charge in [0.05, 0.1) is 5.88 Å². The summed E-state index contributed by atoms with van der Waals surface area (Å²) in [4.78, 5) is 6.32. The third-order valence-electron chi connectivity index (χ3n) is 1.86. The van der Waals surface area contributed by atoms with Gasteiger partial charge in [-0.1, -0.05) is 6.92 Å². The Morgan fingerprint density at radius 3 is 2.69 bits per heavy atom. The second-order valence-electron chi connectivity index (χ2n) is 3.01. The molecule has 5 heteroatoms. The summed E-state index contributed by atoms with van der Waals surface area (Å²) in [6.45, 7) is 3.09. The van der Waals surface area contributed by atoms with Crippen LogP contribution in [0.4, 0.5) is 5.95 Å². The molecule has 0 amide bonds. The van der Waals surface area contributed by atoms with Crippen LogP contribution in [0.2, 0.25) is 0 Å². The van der Waals surface area contributed by atoms with E-state index in [1.807, 2.05) is 19.0 Å². The van der Waals surface area contributed by atoms with Crippen LogP contribution in [-0.2, 0) is 12.9 Å². The average Bonchev–Trinajstić information content (AvgIpc) is 2.47. The number of halogens is 1. The van der Waals surface area contributed by atoms with E-state index >= 15 is 0 Å². The zero-order valence-electron chi connectivity index (χ0n) is 8.29. The Bertz CT molecular complexity index is 271. The zero-order chi connectivity index (χ0) is 9.84. The molecule has 1 aromatic heterocycles. The van der Waals surface area contributed by atoms with E-state index in [4.69, 9.17) is 11.6 Å². The van der Waals surface area contributed by atoms with Crippen LogP contribution in [0.5, 0.6) is 0 Å². The van der Waals surface area contributed by atoms with Crippen molar-refractivity contribution in [3.05, 3.63) is 5.82 Å². The molecule has 1 aromatic rings. The maximum atomic E-state index is 5.69. The highest BCUT2D eigenvalue weighted by Gasteiger charge is 2.08. The normalized spacial score (nSPS) is 10.5. The minimum atomic E-state index is 0.406. The lowest BCUT2D eigenvalue weighted by molar-refractivity contribution is 0.720. The fraction of sp³-hybridized carbons (Fsp3) is 0.750. The molecule has 0 saturated heterocycles. The molecule has 4 nitrogen and oxygen atoms in total. The van der Waals surface area contributed by atoms with Crippen LogP contribution >= 0.6 is 11.6 Å². The number of hydrogen-bond acceptors (Lipinski definition) is 3. The fourth-order valence-corrected chi connectivity index (χ4v) is 1.35. The summed E-state index contributed by atoms with van der Waals surface area (Å²) in [5, 5.41) is 4.25. The van der Waals surface area contributed by atoms with E-state index < -0.39 is 0 Å². The molecule has 0 fully saturated rings. The molecule has 0 aliphatic heterocycles. The highest BCUT2D eigenvalue weighted by molar-refractivity contribution is 6.16. The standard InChI is InChI=1S/C8H15ClN4/c1-4-5-12(2)8-10-7(6-9)13(3)11-8/h4-6H2,1-3H3. The summed E-state index contributed by atoms with van der Waals surface area (Å²) < 4.78 is 1.72. The minimum Gasteiger partial charge on any atom is -0.343 e. The van der Waals surface area contributed by atoms with E-state index in [2.05, 4.69) is 17.0 Å². The van der Waals surface area contributed by atoms with E-state index in [1.165, 1.54) is 0 Å². The van der Waals surface area contributed by atoms with Crippen LogP contribution in [0.25, 0.3) is 0 Å². The monoisotopic (exact) mass is 202 g/mol. The van der Waals surface area contributed by atoms with Gasteiger partial charge in [0, 0.05) is 20.6 Å². The largest absolute Gasteiger partial charge is 0.343 e. The van der Waals surface area contributed by atoms with Crippen molar-refractivity contribution in [3.8, 4) is 0 Å². The third kappa shape index (κ3) is 2.34. The van der Waals surface area contributed by atoms with Gasteiger partial charge in [-0.3, -0.25) is 0 Å². The Hall–Kier alpha value is -0.770. The number of alkyl halides is 1. The van der Waals surface area contributed by atoms with Gasteiger partial charge < -0.3 is 4.90 Å². The van der Waals surface area contributed by atoms with Gasteiger partial charge in [-0.2, -0.15) is 4.98 Å². The summed E-state index contributed by atoms with van der Waals surface area (Å²) in [5.74, 6) is 1.96. The summed E-state index contributed by atoms with van der Waals surface area (Å²) in [6.07, 6.45) is 1.09. The first-order valence-electron chi connectivity index (χ1n) is 4.36. The van der Waals surface area contributed by atoms with Gasteiger partial charge in [-0.25, -0.2) is 4.68 Å². The molecule has 13 heavy (non-hydrogen) atoms. The zero-order valence-corrected chi connectivity index (χ0v) is 9.04. The van der Waals surface area contributed by atoms with E-state index in [9.17, 15) is 0 Å². The van der Waals surface area contributed by atoms with E-state index in [0.717, 1.165) is 24.7 Å². The average molecular weight is 203 g/mol. The summed E-state index contributed by atoms with van der Waals surface area (Å²) >= 11 is 5.69. The van der Waals surface area contributed by atoms with Gasteiger partial charge in [-0.05, 0) is 6.42 Å². The molecule has 0 bridgehead atoms. The molecule has 0 saturated carbocycles. The molecule has 0 atom stereocenters. The Kier molecular flexibility index (Phi) is 3.54. The van der Waals surface area contributed by atoms with Crippen molar-refractivity contribution in [1.29, 1.82) is 0 Å². The predicted octanol–water partition coefficient (Wildman–Crippen LogP) is 1.40. The second kappa shape index (κ2) is 4.46. The number of anilines is 1. The number of rotatable bonds is 4. The number of hydrogen-bond donors (Lipinski definition) is 0. The summed E-state index contributed by atoms with van der Waals surface area (Å²) in [6, 6.07) is 0. The Morgan fingerprint density at radius 1 is 1.54 bits per heavy atom. The molecule has 0 unspecified atom stereocenters. The molecule has 74 valence electrons. The first-order chi connectivity index (χ1) is 6.19. The number of aryl methyl sites for hydroxylation is 1. The lowest BCUT2D eigenvalue weighted by atomic mass is 10.4. The van der Waals surface area contributed by atoms with Crippen molar-refractivity contribution in [2.75, 3.05) is 18.5 Å². The highest BCUT2D eigenvalue weighted by atomic mass is 35.5. The summed E-state index contributed by atoms with van der Waals surface area (Å²) in [5.41, 5.74) is 0. The molecule has 0 N–H and O–H groups in total.